The monoisotopic (exact) mass is 638 g/mol. The Hall–Kier alpha value is 1.88. The quantitative estimate of drug-likeness (QED) is 0.0818. The van der Waals surface area contributed by atoms with Gasteiger partial charge < -0.3 is 12.0 Å². The Morgan fingerprint density at radius 1 is 0.571 bits per heavy atom. The Bertz CT molecular complexity index is 483. The van der Waals surface area contributed by atoms with Crippen molar-refractivity contribution in [1.29, 1.82) is 0 Å². The van der Waals surface area contributed by atoms with Crippen LogP contribution in [0.5, 0.6) is 0 Å². The molecule has 0 atom stereocenters. The second-order valence-electron chi connectivity index (χ2n) is 11.0. The summed E-state index contributed by atoms with van der Waals surface area (Å²) >= 11 is 3.24. The van der Waals surface area contributed by atoms with Crippen LogP contribution in [0.1, 0.15) is 41.5 Å². The van der Waals surface area contributed by atoms with Crippen LogP contribution < -0.4 is 0 Å². The molecular formula is C28H67MnP4Si2+3. The summed E-state index contributed by atoms with van der Waals surface area (Å²) in [6.45, 7) is 32.6. The van der Waals surface area contributed by atoms with Gasteiger partial charge in [0.05, 0.1) is 32.7 Å². The molecule has 0 spiro atoms. The van der Waals surface area contributed by atoms with Gasteiger partial charge in [0, 0.05) is 53.3 Å². The Kier molecular flexibility index (Phi) is 36.2. The fourth-order valence-corrected chi connectivity index (χ4v) is 16.6. The van der Waals surface area contributed by atoms with Gasteiger partial charge in [-0.05, 0) is 31.7 Å². The van der Waals surface area contributed by atoms with Crippen LogP contribution >= 0.6 is 31.7 Å². The zero-order valence-corrected chi connectivity index (χ0v) is 33.7. The minimum absolute atomic E-state index is 0.0957. The largest absolute Gasteiger partial charge is 0.701 e. The molecule has 0 saturated heterocycles. The van der Waals surface area contributed by atoms with Gasteiger partial charge in [0.1, 0.15) is 0 Å². The van der Waals surface area contributed by atoms with E-state index in [0.29, 0.717) is 0 Å². The molecular weight excluding hydrogens is 571 g/mol. The standard InChI is InChI=1S/C8H16Si.C8H15Si.2C6H16P2.Mn/c2*1-5-9(6-2,7-3)8-4;2*1-7(2)5-6-8(3)4;/h8H,5-7H2,1-3H3;5-7H2,1-3H3;2*5-6H2,1-4H3;/q;-1;;;/p+4. The molecule has 0 aromatic rings. The van der Waals surface area contributed by atoms with Gasteiger partial charge in [0.2, 0.25) is 0 Å². The molecule has 0 rings (SSSR count). The summed E-state index contributed by atoms with van der Waals surface area (Å²) in [6, 6.07) is 7.59. The van der Waals surface area contributed by atoms with Gasteiger partial charge in [-0.1, -0.05) is 38.9 Å². The minimum Gasteiger partial charge on any atom is -0.701 e. The summed E-state index contributed by atoms with van der Waals surface area (Å²) in [5.41, 5.74) is 5.04. The van der Waals surface area contributed by atoms with Crippen molar-refractivity contribution >= 4 is 52.4 Å². The molecule has 35 heavy (non-hydrogen) atoms. The Morgan fingerprint density at radius 2 is 0.829 bits per heavy atom. The van der Waals surface area contributed by atoms with Crippen molar-refractivity contribution in [2.24, 2.45) is 0 Å². The van der Waals surface area contributed by atoms with Gasteiger partial charge in [-0.15, -0.1) is 0 Å². The first-order valence-corrected chi connectivity index (χ1v) is 30.8. The first-order valence-electron chi connectivity index (χ1n) is 14.0. The van der Waals surface area contributed by atoms with Crippen molar-refractivity contribution in [3.63, 3.8) is 0 Å². The van der Waals surface area contributed by atoms with E-state index < -0.39 is 16.1 Å². The minimum atomic E-state index is -1.27. The molecule has 0 heterocycles. The number of hydrogen-bond acceptors (Lipinski definition) is 0. The van der Waals surface area contributed by atoms with Gasteiger partial charge in [0.25, 0.3) is 0 Å². The van der Waals surface area contributed by atoms with Gasteiger partial charge in [0.15, 0.2) is 0 Å². The smallest absolute Gasteiger partial charge is 0.0899 e. The van der Waals surface area contributed by atoms with E-state index in [0.717, 1.165) is 0 Å². The molecule has 0 radical (unpaired) electrons. The van der Waals surface area contributed by atoms with Gasteiger partial charge >= 0.3 is 72.8 Å². The SMILES string of the molecule is CC[Si](C=[C]=[Mn])(CC)CC.C[PH+](C)CC[PH+](C)C.C[PH+](C)CC[PH+](C)C.[C-]#C[Si](CC)(CC)CC. The van der Waals surface area contributed by atoms with Crippen LogP contribution in [0.4, 0.5) is 0 Å². The molecule has 7 heteroatoms. The average Bonchev–Trinajstić information content (AvgIpc) is 2.83. The normalized spacial score (nSPS) is 11.0. The average molecular weight is 639 g/mol. The molecule has 0 unspecified atom stereocenters. The van der Waals surface area contributed by atoms with Crippen LogP contribution in [0, 0.1) is 12.0 Å². The number of rotatable bonds is 13. The molecule has 211 valence electrons. The molecule has 0 bridgehead atoms. The fraction of sp³-hybridized carbons (Fsp3) is 0.857. The van der Waals surface area contributed by atoms with Crippen LogP contribution in [0.2, 0.25) is 36.3 Å². The van der Waals surface area contributed by atoms with Crippen LogP contribution in [0.3, 0.4) is 0 Å². The Morgan fingerprint density at radius 3 is 0.886 bits per heavy atom. The Balaban J connectivity index is -0.000000184. The molecule has 0 aliphatic heterocycles. The summed E-state index contributed by atoms with van der Waals surface area (Å²) in [5.74, 6) is 0. The van der Waals surface area contributed by atoms with E-state index in [2.05, 4.69) is 126 Å². The maximum atomic E-state index is 7.12. The second-order valence-corrected chi connectivity index (χ2v) is 33.0. The van der Waals surface area contributed by atoms with E-state index in [1.165, 1.54) is 60.9 Å². The molecule has 0 fully saturated rings. The second kappa shape index (κ2) is 28.9. The first kappa shape index (κ1) is 43.9. The summed E-state index contributed by atoms with van der Waals surface area (Å²) in [7, 11) is -1.89. The third-order valence-electron chi connectivity index (χ3n) is 7.02. The van der Waals surface area contributed by atoms with E-state index >= 15 is 0 Å². The zero-order chi connectivity index (χ0) is 28.5. The molecule has 0 N–H and O–H groups in total. The van der Waals surface area contributed by atoms with Crippen LogP contribution in [0.25, 0.3) is 0 Å². The molecule has 0 amide bonds. The predicted octanol–water partition coefficient (Wildman–Crippen LogP) is 9.03. The van der Waals surface area contributed by atoms with E-state index in [9.17, 15) is 0 Å². The van der Waals surface area contributed by atoms with Crippen LogP contribution in [-0.4, -0.2) is 98.7 Å². The van der Waals surface area contributed by atoms with Crippen molar-refractivity contribution in [3.05, 3.63) is 12.1 Å². The molecule has 0 aromatic heterocycles. The van der Waals surface area contributed by atoms with Crippen molar-refractivity contribution in [2.75, 3.05) is 78.0 Å². The summed E-state index contributed by atoms with van der Waals surface area (Å²) < 4.78 is 3.01. The number of hydrogen-bond donors (Lipinski definition) is 0. The van der Waals surface area contributed by atoms with E-state index in [-0.39, 0.29) is 31.7 Å². The predicted molar refractivity (Wildman–Crippen MR) is 191 cm³/mol. The van der Waals surface area contributed by atoms with Crippen molar-refractivity contribution in [2.45, 2.75) is 77.8 Å². The third kappa shape index (κ3) is 30.3. The molecule has 0 saturated carbocycles. The fourth-order valence-electron chi connectivity index (χ4n) is 3.19. The Labute approximate surface area is 240 Å². The molecule has 0 aromatic carbocycles. The maximum Gasteiger partial charge on any atom is 0.0899 e. The van der Waals surface area contributed by atoms with E-state index in [1.807, 2.05) is 0 Å². The molecule has 0 aliphatic rings. The zero-order valence-electron chi connectivity index (χ0n) is 26.5. The maximum absolute atomic E-state index is 7.12. The van der Waals surface area contributed by atoms with Gasteiger partial charge in [-0.3, -0.25) is 0 Å². The van der Waals surface area contributed by atoms with Crippen molar-refractivity contribution < 1.29 is 15.6 Å². The summed E-state index contributed by atoms with van der Waals surface area (Å²) in [6.07, 6.45) is 13.3. The molecule has 0 nitrogen and oxygen atoms in total. The van der Waals surface area contributed by atoms with Crippen molar-refractivity contribution in [3.8, 4) is 5.54 Å². The molecule has 0 aliphatic carbocycles. The topological polar surface area (TPSA) is 0 Å². The summed E-state index contributed by atoms with van der Waals surface area (Å²) in [4.78, 5) is 0. The van der Waals surface area contributed by atoms with Crippen LogP contribution in [-0.2, 0) is 15.6 Å². The summed E-state index contributed by atoms with van der Waals surface area (Å²) in [5, 5.41) is 0. The van der Waals surface area contributed by atoms with E-state index in [1.54, 1.807) is 0 Å². The van der Waals surface area contributed by atoms with Gasteiger partial charge in [-0.2, -0.15) is 0 Å². The van der Waals surface area contributed by atoms with Gasteiger partial charge in [-0.25, -0.2) is 0 Å². The van der Waals surface area contributed by atoms with Crippen LogP contribution in [0.15, 0.2) is 5.70 Å². The van der Waals surface area contributed by atoms with E-state index in [4.69, 9.17) is 6.42 Å². The van der Waals surface area contributed by atoms with Crippen molar-refractivity contribution in [1.82, 2.24) is 0 Å². The first-order chi connectivity index (χ1) is 16.2. The third-order valence-corrected chi connectivity index (χ3v) is 23.1.